The van der Waals surface area contributed by atoms with E-state index >= 15 is 0 Å². The lowest BCUT2D eigenvalue weighted by atomic mass is 10.0. The predicted molar refractivity (Wildman–Crippen MR) is 71.1 cm³/mol. The van der Waals surface area contributed by atoms with E-state index in [4.69, 9.17) is 5.84 Å². The van der Waals surface area contributed by atoms with Crippen molar-refractivity contribution in [2.45, 2.75) is 26.7 Å². The van der Waals surface area contributed by atoms with Gasteiger partial charge < -0.3 is 16.1 Å². The van der Waals surface area contributed by atoms with E-state index in [1.165, 1.54) is 13.3 Å². The van der Waals surface area contributed by atoms with Gasteiger partial charge in [-0.2, -0.15) is 0 Å². The Bertz CT molecular complexity index is 407. The second-order valence-electron chi connectivity index (χ2n) is 4.19. The molecule has 0 fully saturated rings. The molecule has 1 aromatic rings. The summed E-state index contributed by atoms with van der Waals surface area (Å²) in [4.78, 5) is 19.0. The van der Waals surface area contributed by atoms with Crippen molar-refractivity contribution in [2.24, 2.45) is 5.84 Å². The van der Waals surface area contributed by atoms with Gasteiger partial charge in [0.15, 0.2) is 0 Å². The van der Waals surface area contributed by atoms with Crippen LogP contribution in [-0.4, -0.2) is 29.0 Å². The molecule has 0 unspecified atom stereocenters. The fraction of sp³-hybridized carbons (Fsp3) is 0.545. The van der Waals surface area contributed by atoms with E-state index in [1.807, 2.05) is 13.8 Å². The van der Waals surface area contributed by atoms with Crippen molar-refractivity contribution in [1.82, 2.24) is 15.3 Å². The number of nitrogens with zero attached hydrogens (tertiary/aromatic N) is 2. The molecule has 100 valence electrons. The van der Waals surface area contributed by atoms with E-state index in [2.05, 4.69) is 26.0 Å². The third-order valence-corrected chi connectivity index (χ3v) is 2.39. The van der Waals surface area contributed by atoms with Crippen molar-refractivity contribution in [3.8, 4) is 0 Å². The van der Waals surface area contributed by atoms with Crippen LogP contribution in [0.3, 0.4) is 0 Å². The number of anilines is 2. The number of nitrogen functional groups attached to an aromatic ring is 1. The number of amides is 1. The lowest BCUT2D eigenvalue weighted by molar-refractivity contribution is -0.118. The molecule has 0 radical (unpaired) electrons. The SMILES string of the molecule is CC(=O)NCCNc1ncnc(NN)c1C(C)C. The predicted octanol–water partition coefficient (Wildman–Crippen LogP) is 0.434. The van der Waals surface area contributed by atoms with Crippen LogP contribution >= 0.6 is 0 Å². The van der Waals surface area contributed by atoms with Gasteiger partial charge in [0.2, 0.25) is 5.91 Å². The molecule has 1 heterocycles. The van der Waals surface area contributed by atoms with Crippen molar-refractivity contribution in [1.29, 1.82) is 0 Å². The van der Waals surface area contributed by atoms with E-state index in [-0.39, 0.29) is 11.8 Å². The molecule has 0 saturated carbocycles. The first kappa shape index (κ1) is 14.2. The number of hydrogen-bond donors (Lipinski definition) is 4. The Kier molecular flexibility index (Phi) is 5.31. The fourth-order valence-corrected chi connectivity index (χ4v) is 1.62. The van der Waals surface area contributed by atoms with Crippen LogP contribution in [0.1, 0.15) is 32.3 Å². The van der Waals surface area contributed by atoms with Crippen LogP contribution in [-0.2, 0) is 4.79 Å². The van der Waals surface area contributed by atoms with Gasteiger partial charge in [-0.25, -0.2) is 15.8 Å². The van der Waals surface area contributed by atoms with Gasteiger partial charge >= 0.3 is 0 Å². The number of nitrogens with one attached hydrogen (secondary N) is 3. The fourth-order valence-electron chi connectivity index (χ4n) is 1.62. The summed E-state index contributed by atoms with van der Waals surface area (Å²) in [6.45, 7) is 6.71. The van der Waals surface area contributed by atoms with Gasteiger partial charge in [-0.15, -0.1) is 0 Å². The van der Waals surface area contributed by atoms with Gasteiger partial charge in [-0.1, -0.05) is 13.8 Å². The summed E-state index contributed by atoms with van der Waals surface area (Å²) in [5, 5.41) is 5.87. The average molecular weight is 252 g/mol. The summed E-state index contributed by atoms with van der Waals surface area (Å²) in [5.74, 6) is 6.96. The molecule has 1 amide bonds. The lowest BCUT2D eigenvalue weighted by Gasteiger charge is -2.16. The molecule has 0 aliphatic rings. The minimum atomic E-state index is -0.0483. The number of aromatic nitrogens is 2. The highest BCUT2D eigenvalue weighted by molar-refractivity contribution is 5.72. The second-order valence-corrected chi connectivity index (χ2v) is 4.19. The molecular weight excluding hydrogens is 232 g/mol. The number of carbonyl (C=O) groups is 1. The third-order valence-electron chi connectivity index (χ3n) is 2.39. The van der Waals surface area contributed by atoms with Gasteiger partial charge in [-0.3, -0.25) is 4.79 Å². The van der Waals surface area contributed by atoms with Crippen molar-refractivity contribution < 1.29 is 4.79 Å². The Hall–Kier alpha value is -1.89. The zero-order valence-electron chi connectivity index (χ0n) is 10.9. The van der Waals surface area contributed by atoms with Gasteiger partial charge in [0, 0.05) is 25.6 Å². The smallest absolute Gasteiger partial charge is 0.216 e. The molecule has 0 bridgehead atoms. The standard InChI is InChI=1S/C11H20N6O/c1-7(2)9-10(14-5-4-13-8(3)18)15-6-16-11(9)17-12/h6-7H,4-5,12H2,1-3H3,(H,13,18)(H2,14,15,16,17). The van der Waals surface area contributed by atoms with Gasteiger partial charge in [-0.05, 0) is 5.92 Å². The molecule has 0 saturated heterocycles. The van der Waals surface area contributed by atoms with Crippen molar-refractivity contribution in [2.75, 3.05) is 23.8 Å². The Labute approximate surface area is 107 Å². The van der Waals surface area contributed by atoms with E-state index in [0.29, 0.717) is 18.9 Å². The highest BCUT2D eigenvalue weighted by atomic mass is 16.1. The minimum Gasteiger partial charge on any atom is -0.368 e. The second kappa shape index (κ2) is 6.75. The van der Waals surface area contributed by atoms with Gasteiger partial charge in [0.05, 0.1) is 0 Å². The molecule has 1 aromatic heterocycles. The molecule has 0 spiro atoms. The van der Waals surface area contributed by atoms with Gasteiger partial charge in [0.1, 0.15) is 18.0 Å². The highest BCUT2D eigenvalue weighted by Crippen LogP contribution is 2.27. The third kappa shape index (κ3) is 3.85. The molecule has 1 rings (SSSR count). The zero-order valence-corrected chi connectivity index (χ0v) is 10.9. The van der Waals surface area contributed by atoms with Crippen LogP contribution in [0.4, 0.5) is 11.6 Å². The number of carbonyl (C=O) groups excluding carboxylic acids is 1. The quantitative estimate of drug-likeness (QED) is 0.332. The highest BCUT2D eigenvalue weighted by Gasteiger charge is 2.13. The van der Waals surface area contributed by atoms with Gasteiger partial charge in [0.25, 0.3) is 0 Å². The molecule has 5 N–H and O–H groups in total. The normalized spacial score (nSPS) is 10.3. The van der Waals surface area contributed by atoms with E-state index in [0.717, 1.165) is 11.4 Å². The summed E-state index contributed by atoms with van der Waals surface area (Å²) in [6, 6.07) is 0. The first-order chi connectivity index (χ1) is 8.56. The number of rotatable bonds is 6. The molecule has 0 aliphatic heterocycles. The van der Waals surface area contributed by atoms with Crippen molar-refractivity contribution in [3.63, 3.8) is 0 Å². The largest absolute Gasteiger partial charge is 0.368 e. The van der Waals surface area contributed by atoms with Crippen LogP contribution in [0.15, 0.2) is 6.33 Å². The minimum absolute atomic E-state index is 0.0483. The maximum absolute atomic E-state index is 10.7. The molecule has 0 atom stereocenters. The molecule has 0 aliphatic carbocycles. The van der Waals surface area contributed by atoms with E-state index in [9.17, 15) is 4.79 Å². The first-order valence-electron chi connectivity index (χ1n) is 5.86. The Morgan fingerprint density at radius 3 is 2.56 bits per heavy atom. The lowest BCUT2D eigenvalue weighted by Crippen LogP contribution is -2.27. The number of hydrogen-bond acceptors (Lipinski definition) is 6. The Morgan fingerprint density at radius 1 is 1.33 bits per heavy atom. The molecule has 7 heteroatoms. The summed E-state index contributed by atoms with van der Waals surface area (Å²) < 4.78 is 0. The summed E-state index contributed by atoms with van der Waals surface area (Å²) in [6.07, 6.45) is 1.45. The number of hydrazine groups is 1. The summed E-state index contributed by atoms with van der Waals surface area (Å²) in [7, 11) is 0. The van der Waals surface area contributed by atoms with Crippen LogP contribution in [0.2, 0.25) is 0 Å². The first-order valence-corrected chi connectivity index (χ1v) is 5.86. The van der Waals surface area contributed by atoms with Crippen molar-refractivity contribution >= 4 is 17.5 Å². The Morgan fingerprint density at radius 2 is 2.00 bits per heavy atom. The average Bonchev–Trinajstić information content (AvgIpc) is 2.33. The molecule has 0 aromatic carbocycles. The van der Waals surface area contributed by atoms with Crippen LogP contribution in [0.25, 0.3) is 0 Å². The maximum atomic E-state index is 10.7. The van der Waals surface area contributed by atoms with E-state index < -0.39 is 0 Å². The molecular formula is C11H20N6O. The van der Waals surface area contributed by atoms with Crippen LogP contribution in [0, 0.1) is 0 Å². The molecule has 7 nitrogen and oxygen atoms in total. The monoisotopic (exact) mass is 252 g/mol. The Balaban J connectivity index is 2.72. The molecule has 18 heavy (non-hydrogen) atoms. The van der Waals surface area contributed by atoms with E-state index in [1.54, 1.807) is 0 Å². The maximum Gasteiger partial charge on any atom is 0.216 e. The van der Waals surface area contributed by atoms with Crippen molar-refractivity contribution in [3.05, 3.63) is 11.9 Å². The van der Waals surface area contributed by atoms with Crippen LogP contribution < -0.4 is 21.9 Å². The zero-order chi connectivity index (χ0) is 13.5. The summed E-state index contributed by atoms with van der Waals surface area (Å²) in [5.41, 5.74) is 3.50. The number of nitrogens with two attached hydrogens (primary N) is 1. The van der Waals surface area contributed by atoms with Crippen LogP contribution in [0.5, 0.6) is 0 Å². The summed E-state index contributed by atoms with van der Waals surface area (Å²) >= 11 is 0. The topological polar surface area (TPSA) is 105 Å².